The van der Waals surface area contributed by atoms with E-state index in [1.54, 1.807) is 43.8 Å². The predicted molar refractivity (Wildman–Crippen MR) is 96.0 cm³/mol. The Morgan fingerprint density at radius 3 is 2.67 bits per heavy atom. The second-order valence-electron chi connectivity index (χ2n) is 4.99. The predicted octanol–water partition coefficient (Wildman–Crippen LogP) is 3.14. The molecule has 0 spiro atoms. The van der Waals surface area contributed by atoms with Gasteiger partial charge in [-0.05, 0) is 18.2 Å². The first-order valence-corrected chi connectivity index (χ1v) is 8.54. The first-order valence-electron chi connectivity index (χ1n) is 7.06. The third-order valence-corrected chi connectivity index (χ3v) is 5.03. The van der Waals surface area contributed by atoms with Gasteiger partial charge in [0.1, 0.15) is 5.75 Å². The Balaban J connectivity index is 0.00000208. The van der Waals surface area contributed by atoms with Crippen molar-refractivity contribution in [1.82, 2.24) is 9.71 Å². The molecule has 24 heavy (non-hydrogen) atoms. The molecule has 1 aromatic heterocycles. The van der Waals surface area contributed by atoms with Crippen molar-refractivity contribution in [3.8, 4) is 5.75 Å². The molecule has 0 fully saturated rings. The zero-order chi connectivity index (χ0) is 16.3. The fourth-order valence-electron chi connectivity index (χ4n) is 2.43. The smallest absolute Gasteiger partial charge is 0.241 e. The fourth-order valence-corrected chi connectivity index (χ4v) is 3.66. The Bertz CT molecular complexity index is 940. The molecule has 1 heterocycles. The van der Waals surface area contributed by atoms with Crippen molar-refractivity contribution in [2.45, 2.75) is 11.4 Å². The molecule has 0 saturated heterocycles. The van der Waals surface area contributed by atoms with E-state index in [1.807, 2.05) is 24.3 Å². The number of methoxy groups -OCH3 is 1. The van der Waals surface area contributed by atoms with E-state index in [1.165, 1.54) is 0 Å². The van der Waals surface area contributed by atoms with Gasteiger partial charge in [-0.2, -0.15) is 0 Å². The van der Waals surface area contributed by atoms with Gasteiger partial charge in [0.15, 0.2) is 0 Å². The summed E-state index contributed by atoms with van der Waals surface area (Å²) in [7, 11) is -2.08. The van der Waals surface area contributed by atoms with E-state index in [9.17, 15) is 8.42 Å². The minimum Gasteiger partial charge on any atom is -0.496 e. The largest absolute Gasteiger partial charge is 0.496 e. The van der Waals surface area contributed by atoms with Crippen molar-refractivity contribution < 1.29 is 13.2 Å². The van der Waals surface area contributed by atoms with Gasteiger partial charge in [-0.1, -0.05) is 30.3 Å². The number of para-hydroxylation sites is 1. The molecular weight excluding hydrogens is 348 g/mol. The van der Waals surface area contributed by atoms with Crippen molar-refractivity contribution in [3.05, 3.63) is 66.5 Å². The first kappa shape index (κ1) is 18.2. The second-order valence-corrected chi connectivity index (χ2v) is 6.72. The Labute approximate surface area is 147 Å². The van der Waals surface area contributed by atoms with Gasteiger partial charge in [0, 0.05) is 35.3 Å². The lowest BCUT2D eigenvalue weighted by Crippen LogP contribution is -2.23. The number of fused-ring (bicyclic) bond motifs is 1. The first-order chi connectivity index (χ1) is 11.1. The van der Waals surface area contributed by atoms with Gasteiger partial charge < -0.3 is 4.74 Å². The number of nitrogens with one attached hydrogen (secondary N) is 1. The maximum Gasteiger partial charge on any atom is 0.241 e. The van der Waals surface area contributed by atoms with Crippen molar-refractivity contribution in [2.24, 2.45) is 0 Å². The molecule has 0 bridgehead atoms. The summed E-state index contributed by atoms with van der Waals surface area (Å²) in [5.74, 6) is 0.650. The molecular formula is C17H17ClN2O3S. The second kappa shape index (κ2) is 7.61. The molecule has 0 aliphatic rings. The lowest BCUT2D eigenvalue weighted by molar-refractivity contribution is 0.409. The third-order valence-electron chi connectivity index (χ3n) is 3.58. The molecule has 7 heteroatoms. The molecule has 0 radical (unpaired) electrons. The Hall–Kier alpha value is -2.15. The van der Waals surface area contributed by atoms with Crippen molar-refractivity contribution >= 4 is 33.2 Å². The van der Waals surface area contributed by atoms with Gasteiger partial charge in [0.05, 0.1) is 12.0 Å². The summed E-state index contributed by atoms with van der Waals surface area (Å²) in [5, 5.41) is 1.43. The molecule has 0 aliphatic heterocycles. The number of rotatable bonds is 5. The standard InChI is InChI=1S/C17H16N2O3S.ClH/c1-22-16-7-3-2-5-14(16)12-19-23(20,21)17-8-4-6-13-11-18-10-9-15(13)17;/h2-11,19H,12H2,1H3;1H. The summed E-state index contributed by atoms with van der Waals surface area (Å²) in [6, 6.07) is 14.1. The van der Waals surface area contributed by atoms with E-state index >= 15 is 0 Å². The molecule has 0 aliphatic carbocycles. The summed E-state index contributed by atoms with van der Waals surface area (Å²) in [4.78, 5) is 4.26. The molecule has 0 atom stereocenters. The highest BCUT2D eigenvalue weighted by Crippen LogP contribution is 2.23. The van der Waals surface area contributed by atoms with Crippen LogP contribution in [0, 0.1) is 0 Å². The molecule has 1 N–H and O–H groups in total. The molecule has 5 nitrogen and oxygen atoms in total. The maximum absolute atomic E-state index is 12.6. The van der Waals surface area contributed by atoms with Crippen LogP contribution in [-0.4, -0.2) is 20.5 Å². The van der Waals surface area contributed by atoms with Gasteiger partial charge in [0.2, 0.25) is 10.0 Å². The minimum atomic E-state index is -3.64. The number of aromatic nitrogens is 1. The average molecular weight is 365 g/mol. The number of nitrogens with zero attached hydrogens (tertiary/aromatic N) is 1. The summed E-state index contributed by atoms with van der Waals surface area (Å²) < 4.78 is 33.2. The molecule has 3 aromatic rings. The van der Waals surface area contributed by atoms with Crippen LogP contribution in [0.25, 0.3) is 10.8 Å². The van der Waals surface area contributed by atoms with Crippen LogP contribution < -0.4 is 9.46 Å². The summed E-state index contributed by atoms with van der Waals surface area (Å²) in [5.41, 5.74) is 0.778. The SMILES string of the molecule is COc1ccccc1CNS(=O)(=O)c1cccc2cnccc12.Cl. The maximum atomic E-state index is 12.6. The van der Waals surface area contributed by atoms with Crippen molar-refractivity contribution in [1.29, 1.82) is 0 Å². The van der Waals surface area contributed by atoms with Crippen LogP contribution >= 0.6 is 12.4 Å². The summed E-state index contributed by atoms with van der Waals surface area (Å²) in [6.45, 7) is 0.161. The normalized spacial score (nSPS) is 11.0. The van der Waals surface area contributed by atoms with Crippen LogP contribution in [0.1, 0.15) is 5.56 Å². The van der Waals surface area contributed by atoms with Gasteiger partial charge in [-0.25, -0.2) is 13.1 Å². The number of sulfonamides is 1. The molecule has 126 valence electrons. The van der Waals surface area contributed by atoms with E-state index in [0.717, 1.165) is 10.9 Å². The Morgan fingerprint density at radius 2 is 1.88 bits per heavy atom. The van der Waals surface area contributed by atoms with Crippen LogP contribution in [0.2, 0.25) is 0 Å². The summed E-state index contributed by atoms with van der Waals surface area (Å²) >= 11 is 0. The van der Waals surface area contributed by atoms with Gasteiger partial charge in [-0.3, -0.25) is 4.98 Å². The fraction of sp³-hybridized carbons (Fsp3) is 0.118. The minimum absolute atomic E-state index is 0. The monoisotopic (exact) mass is 364 g/mol. The Morgan fingerprint density at radius 1 is 1.08 bits per heavy atom. The highest BCUT2D eigenvalue weighted by molar-refractivity contribution is 7.89. The lowest BCUT2D eigenvalue weighted by atomic mass is 10.2. The van der Waals surface area contributed by atoms with Crippen molar-refractivity contribution in [3.63, 3.8) is 0 Å². The third kappa shape index (κ3) is 3.67. The highest BCUT2D eigenvalue weighted by Gasteiger charge is 2.17. The zero-order valence-corrected chi connectivity index (χ0v) is 14.6. The number of halogens is 1. The number of hydrogen-bond donors (Lipinski definition) is 1. The molecule has 0 unspecified atom stereocenters. The average Bonchev–Trinajstić information content (AvgIpc) is 2.59. The van der Waals surface area contributed by atoms with E-state index < -0.39 is 10.0 Å². The van der Waals surface area contributed by atoms with E-state index in [2.05, 4.69) is 9.71 Å². The van der Waals surface area contributed by atoms with Crippen LogP contribution in [-0.2, 0) is 16.6 Å². The molecule has 0 saturated carbocycles. The topological polar surface area (TPSA) is 68.3 Å². The molecule has 2 aromatic carbocycles. The van der Waals surface area contributed by atoms with E-state index in [0.29, 0.717) is 11.1 Å². The van der Waals surface area contributed by atoms with E-state index in [-0.39, 0.29) is 23.8 Å². The number of pyridine rings is 1. The number of ether oxygens (including phenoxy) is 1. The zero-order valence-electron chi connectivity index (χ0n) is 13.0. The van der Waals surface area contributed by atoms with Crippen molar-refractivity contribution in [2.75, 3.05) is 7.11 Å². The molecule has 3 rings (SSSR count). The number of hydrogen-bond acceptors (Lipinski definition) is 4. The van der Waals surface area contributed by atoms with Gasteiger partial charge in [0.25, 0.3) is 0 Å². The van der Waals surface area contributed by atoms with Gasteiger partial charge >= 0.3 is 0 Å². The molecule has 0 amide bonds. The highest BCUT2D eigenvalue weighted by atomic mass is 35.5. The van der Waals surface area contributed by atoms with Crippen LogP contribution in [0.3, 0.4) is 0 Å². The van der Waals surface area contributed by atoms with Crippen LogP contribution in [0.5, 0.6) is 5.75 Å². The van der Waals surface area contributed by atoms with Crippen LogP contribution in [0.15, 0.2) is 65.8 Å². The lowest BCUT2D eigenvalue weighted by Gasteiger charge is -2.11. The quantitative estimate of drug-likeness (QED) is 0.755. The number of benzene rings is 2. The Kier molecular flexibility index (Phi) is 5.77. The van der Waals surface area contributed by atoms with E-state index in [4.69, 9.17) is 4.74 Å². The van der Waals surface area contributed by atoms with Gasteiger partial charge in [-0.15, -0.1) is 12.4 Å². The van der Waals surface area contributed by atoms with Crippen LogP contribution in [0.4, 0.5) is 0 Å². The summed E-state index contributed by atoms with van der Waals surface area (Å²) in [6.07, 6.45) is 3.23.